The van der Waals surface area contributed by atoms with E-state index in [0.717, 1.165) is 19.9 Å². The van der Waals surface area contributed by atoms with Crippen LogP contribution >= 0.6 is 0 Å². The van der Waals surface area contributed by atoms with E-state index in [2.05, 4.69) is 6.82 Å². The average Bonchev–Trinajstić information content (AvgIpc) is 2.46. The summed E-state index contributed by atoms with van der Waals surface area (Å²) in [7, 11) is 0. The summed E-state index contributed by atoms with van der Waals surface area (Å²) in [5.41, 5.74) is 0.638. The molecule has 0 aromatic carbocycles. The summed E-state index contributed by atoms with van der Waals surface area (Å²) in [6.45, 7) is 5.40. The van der Waals surface area contributed by atoms with Gasteiger partial charge in [-0.3, -0.25) is 0 Å². The summed E-state index contributed by atoms with van der Waals surface area (Å²) in [5.74, 6) is 0. The zero-order valence-corrected chi connectivity index (χ0v) is 6.73. The van der Waals surface area contributed by atoms with Crippen molar-refractivity contribution in [3.63, 3.8) is 0 Å². The number of ether oxygens (including phenoxy) is 1. The monoisotopic (exact) mass is 138 g/mol. The van der Waals surface area contributed by atoms with E-state index in [0.29, 0.717) is 5.41 Å². The second-order valence-electron chi connectivity index (χ2n) is 4.15. The van der Waals surface area contributed by atoms with Crippen molar-refractivity contribution in [2.75, 3.05) is 13.2 Å². The van der Waals surface area contributed by atoms with Gasteiger partial charge < -0.3 is 4.74 Å². The van der Waals surface area contributed by atoms with E-state index in [-0.39, 0.29) is 0 Å². The quantitative estimate of drug-likeness (QED) is 0.464. The van der Waals surface area contributed by atoms with Gasteiger partial charge in [0, 0.05) is 6.61 Å². The summed E-state index contributed by atoms with van der Waals surface area (Å²) in [6, 6.07) is 0. The summed E-state index contributed by atoms with van der Waals surface area (Å²) in [4.78, 5) is 0. The van der Waals surface area contributed by atoms with E-state index in [1.807, 2.05) is 0 Å². The van der Waals surface area contributed by atoms with Crippen molar-refractivity contribution >= 4 is 6.71 Å². The van der Waals surface area contributed by atoms with Gasteiger partial charge in [-0.05, 0) is 11.8 Å². The zero-order valence-electron chi connectivity index (χ0n) is 6.73. The van der Waals surface area contributed by atoms with Crippen LogP contribution in [0.5, 0.6) is 0 Å². The zero-order chi connectivity index (χ0) is 7.03. The molecule has 2 heterocycles. The van der Waals surface area contributed by atoms with Gasteiger partial charge in [-0.25, -0.2) is 0 Å². The van der Waals surface area contributed by atoms with Crippen molar-refractivity contribution in [2.24, 2.45) is 5.41 Å². The average molecular weight is 138 g/mol. The van der Waals surface area contributed by atoms with Gasteiger partial charge >= 0.3 is 0 Å². The van der Waals surface area contributed by atoms with Crippen LogP contribution in [0.4, 0.5) is 0 Å². The van der Waals surface area contributed by atoms with Gasteiger partial charge in [0.2, 0.25) is 0 Å². The highest BCUT2D eigenvalue weighted by Crippen LogP contribution is 2.45. The molecule has 1 atom stereocenters. The highest BCUT2D eigenvalue weighted by atomic mass is 16.5. The molecule has 2 heteroatoms. The predicted octanol–water partition coefficient (Wildman–Crippen LogP) is 1.92. The fourth-order valence-corrected chi connectivity index (χ4v) is 2.50. The Morgan fingerprint density at radius 3 is 2.80 bits per heavy atom. The Hall–Kier alpha value is 0.0249. The maximum absolute atomic E-state index is 5.43. The molecule has 0 radical (unpaired) electrons. The van der Waals surface area contributed by atoms with Gasteiger partial charge in [0.1, 0.15) is 6.71 Å². The molecule has 1 unspecified atom stereocenters. The third-order valence-electron chi connectivity index (χ3n) is 3.13. The molecule has 2 rings (SSSR count). The highest BCUT2D eigenvalue weighted by Gasteiger charge is 2.41. The minimum atomic E-state index is 0.638. The van der Waals surface area contributed by atoms with E-state index in [4.69, 9.17) is 4.74 Å². The molecule has 10 heavy (non-hydrogen) atoms. The molecular weight excluding hydrogens is 123 g/mol. The van der Waals surface area contributed by atoms with E-state index in [1.54, 1.807) is 0 Å². The van der Waals surface area contributed by atoms with Crippen molar-refractivity contribution in [1.29, 1.82) is 0 Å². The summed E-state index contributed by atoms with van der Waals surface area (Å²) >= 11 is 0. The van der Waals surface area contributed by atoms with Crippen LogP contribution in [0.15, 0.2) is 0 Å². The first kappa shape index (κ1) is 6.72. The van der Waals surface area contributed by atoms with Crippen LogP contribution in [0.1, 0.15) is 12.8 Å². The van der Waals surface area contributed by atoms with Crippen LogP contribution in [0, 0.1) is 5.41 Å². The SMILES string of the molecule is CB1CCC2(CCOC2)C1. The van der Waals surface area contributed by atoms with Gasteiger partial charge in [0.15, 0.2) is 0 Å². The maximum Gasteiger partial charge on any atom is 0.137 e. The van der Waals surface area contributed by atoms with Gasteiger partial charge in [-0.2, -0.15) is 0 Å². The fraction of sp³-hybridized carbons (Fsp3) is 1.00. The lowest BCUT2D eigenvalue weighted by Gasteiger charge is -2.19. The molecule has 1 spiro atoms. The second-order valence-corrected chi connectivity index (χ2v) is 4.15. The number of rotatable bonds is 0. The highest BCUT2D eigenvalue weighted by molar-refractivity contribution is 6.58. The summed E-state index contributed by atoms with van der Waals surface area (Å²) in [5, 5.41) is 0. The lowest BCUT2D eigenvalue weighted by atomic mass is 9.49. The Morgan fingerprint density at radius 1 is 1.40 bits per heavy atom. The molecule has 0 amide bonds. The lowest BCUT2D eigenvalue weighted by Crippen LogP contribution is -2.16. The number of hydrogen-bond donors (Lipinski definition) is 0. The third-order valence-corrected chi connectivity index (χ3v) is 3.13. The first-order valence-corrected chi connectivity index (χ1v) is 4.39. The Balaban J connectivity index is 2.03. The third kappa shape index (κ3) is 0.988. The van der Waals surface area contributed by atoms with E-state index >= 15 is 0 Å². The minimum Gasteiger partial charge on any atom is -0.381 e. The van der Waals surface area contributed by atoms with Crippen molar-refractivity contribution in [1.82, 2.24) is 0 Å². The van der Waals surface area contributed by atoms with Crippen molar-refractivity contribution in [2.45, 2.75) is 32.3 Å². The van der Waals surface area contributed by atoms with Crippen LogP contribution in [-0.4, -0.2) is 19.9 Å². The van der Waals surface area contributed by atoms with Crippen molar-refractivity contribution in [3.8, 4) is 0 Å². The summed E-state index contributed by atoms with van der Waals surface area (Å²) < 4.78 is 5.43. The fourth-order valence-electron chi connectivity index (χ4n) is 2.50. The molecule has 2 aliphatic rings. The number of hydrogen-bond acceptors (Lipinski definition) is 1. The maximum atomic E-state index is 5.43. The normalized spacial score (nSPS) is 39.9. The summed E-state index contributed by atoms with van der Waals surface area (Å²) in [6.07, 6.45) is 5.61. The van der Waals surface area contributed by atoms with E-state index < -0.39 is 0 Å². The molecule has 0 N–H and O–H groups in total. The molecular formula is C8H15BO. The Kier molecular flexibility index (Phi) is 1.52. The Morgan fingerprint density at radius 2 is 2.30 bits per heavy atom. The largest absolute Gasteiger partial charge is 0.381 e. The van der Waals surface area contributed by atoms with Crippen LogP contribution in [0.2, 0.25) is 19.5 Å². The standard InChI is InChI=1S/C8H15BO/c1-9-4-2-8(6-9)3-5-10-7-8/h2-7H2,1H3. The molecule has 56 valence electrons. The van der Waals surface area contributed by atoms with Crippen molar-refractivity contribution in [3.05, 3.63) is 0 Å². The van der Waals surface area contributed by atoms with Crippen LogP contribution in [0.25, 0.3) is 0 Å². The van der Waals surface area contributed by atoms with Gasteiger partial charge in [0.25, 0.3) is 0 Å². The lowest BCUT2D eigenvalue weighted by molar-refractivity contribution is 0.161. The van der Waals surface area contributed by atoms with E-state index in [9.17, 15) is 0 Å². The molecule has 1 nitrogen and oxygen atoms in total. The molecule has 2 fully saturated rings. The molecule has 0 aromatic rings. The van der Waals surface area contributed by atoms with Gasteiger partial charge in [-0.1, -0.05) is 25.9 Å². The van der Waals surface area contributed by atoms with Crippen LogP contribution < -0.4 is 0 Å². The topological polar surface area (TPSA) is 9.23 Å². The predicted molar refractivity (Wildman–Crippen MR) is 43.7 cm³/mol. The molecule has 0 saturated carbocycles. The molecule has 2 aliphatic heterocycles. The second kappa shape index (κ2) is 2.26. The first-order valence-electron chi connectivity index (χ1n) is 4.39. The smallest absolute Gasteiger partial charge is 0.137 e. The Labute approximate surface area is 63.2 Å². The molecule has 2 saturated heterocycles. The van der Waals surface area contributed by atoms with Crippen LogP contribution in [0.3, 0.4) is 0 Å². The molecule has 0 aromatic heterocycles. The minimum absolute atomic E-state index is 0.638. The van der Waals surface area contributed by atoms with Crippen molar-refractivity contribution < 1.29 is 4.74 Å². The first-order chi connectivity index (χ1) is 4.81. The molecule has 0 aliphatic carbocycles. The Bertz CT molecular complexity index is 129. The van der Waals surface area contributed by atoms with Gasteiger partial charge in [0.05, 0.1) is 6.61 Å². The van der Waals surface area contributed by atoms with Gasteiger partial charge in [-0.15, -0.1) is 0 Å². The molecule has 0 bridgehead atoms. The van der Waals surface area contributed by atoms with E-state index in [1.165, 1.54) is 25.5 Å². The van der Waals surface area contributed by atoms with Crippen LogP contribution in [-0.2, 0) is 4.74 Å².